The van der Waals surface area contributed by atoms with Crippen LogP contribution in [0.3, 0.4) is 0 Å². The fourth-order valence-electron chi connectivity index (χ4n) is 3.31. The zero-order valence-electron chi connectivity index (χ0n) is 17.1. The highest BCUT2D eigenvalue weighted by Gasteiger charge is 2.22. The number of esters is 1. The van der Waals surface area contributed by atoms with Gasteiger partial charge in [0.05, 0.1) is 18.5 Å². The number of Topliss-reactive ketones (excluding diaryl/α,β-unsaturated/α-hetero) is 1. The van der Waals surface area contributed by atoms with Crippen molar-refractivity contribution in [2.24, 2.45) is 0 Å². The Morgan fingerprint density at radius 2 is 1.83 bits per heavy atom. The first-order valence-electron chi connectivity index (χ1n) is 9.61. The second-order valence-electron chi connectivity index (χ2n) is 6.58. The summed E-state index contributed by atoms with van der Waals surface area (Å²) in [6, 6.07) is 11.2. The summed E-state index contributed by atoms with van der Waals surface area (Å²) in [7, 11) is 0. The van der Waals surface area contributed by atoms with Crippen molar-refractivity contribution >= 4 is 11.8 Å². The number of rotatable bonds is 8. The third kappa shape index (κ3) is 4.23. The van der Waals surface area contributed by atoms with Crippen LogP contribution in [0.5, 0.6) is 5.75 Å². The van der Waals surface area contributed by atoms with Crippen molar-refractivity contribution < 1.29 is 19.1 Å². The Bertz CT molecular complexity index is 1020. The highest BCUT2D eigenvalue weighted by Crippen LogP contribution is 2.22. The SMILES string of the molecule is CCOC(=O)c1nn(-c2ccccc2)cc1OCC(=O)c1cc(C)n(CC)c1C. The molecule has 0 bridgehead atoms. The van der Waals surface area contributed by atoms with Crippen LogP contribution in [-0.4, -0.2) is 39.3 Å². The molecule has 0 saturated carbocycles. The summed E-state index contributed by atoms with van der Waals surface area (Å²) in [5.41, 5.74) is 3.37. The van der Waals surface area contributed by atoms with Gasteiger partial charge in [0.1, 0.15) is 0 Å². The quantitative estimate of drug-likeness (QED) is 0.429. The number of carbonyl (C=O) groups excluding carboxylic acids is 2. The number of carbonyl (C=O) groups is 2. The van der Waals surface area contributed by atoms with E-state index in [4.69, 9.17) is 9.47 Å². The highest BCUT2D eigenvalue weighted by molar-refractivity contribution is 5.99. The number of ether oxygens (including phenoxy) is 2. The van der Waals surface area contributed by atoms with Crippen molar-refractivity contribution in [2.45, 2.75) is 34.2 Å². The monoisotopic (exact) mass is 395 g/mol. The second-order valence-corrected chi connectivity index (χ2v) is 6.58. The van der Waals surface area contributed by atoms with E-state index >= 15 is 0 Å². The van der Waals surface area contributed by atoms with E-state index in [0.717, 1.165) is 23.6 Å². The lowest BCUT2D eigenvalue weighted by atomic mass is 10.1. The fraction of sp³-hybridized carbons (Fsp3) is 0.318. The molecule has 0 atom stereocenters. The van der Waals surface area contributed by atoms with Crippen molar-refractivity contribution in [3.05, 3.63) is 65.2 Å². The fourth-order valence-corrected chi connectivity index (χ4v) is 3.31. The first-order valence-corrected chi connectivity index (χ1v) is 9.61. The molecule has 0 aliphatic heterocycles. The number of aryl methyl sites for hydroxylation is 1. The molecule has 2 aromatic heterocycles. The Labute approximate surface area is 169 Å². The summed E-state index contributed by atoms with van der Waals surface area (Å²) >= 11 is 0. The minimum absolute atomic E-state index is 0.0440. The summed E-state index contributed by atoms with van der Waals surface area (Å²) < 4.78 is 14.4. The lowest BCUT2D eigenvalue weighted by Gasteiger charge is -2.07. The maximum Gasteiger partial charge on any atom is 0.362 e. The summed E-state index contributed by atoms with van der Waals surface area (Å²) in [6.07, 6.45) is 1.59. The zero-order chi connectivity index (χ0) is 21.0. The van der Waals surface area contributed by atoms with Gasteiger partial charge in [0.15, 0.2) is 12.4 Å². The average Bonchev–Trinajstić information content (AvgIpc) is 3.27. The maximum atomic E-state index is 12.7. The molecule has 0 aliphatic carbocycles. The Hall–Kier alpha value is -3.35. The van der Waals surface area contributed by atoms with Gasteiger partial charge in [-0.1, -0.05) is 18.2 Å². The van der Waals surface area contributed by atoms with E-state index in [1.165, 1.54) is 4.68 Å². The molecule has 0 unspecified atom stereocenters. The molecule has 152 valence electrons. The summed E-state index contributed by atoms with van der Waals surface area (Å²) in [4.78, 5) is 25.0. The van der Waals surface area contributed by atoms with Gasteiger partial charge >= 0.3 is 5.97 Å². The van der Waals surface area contributed by atoms with Crippen LogP contribution in [0.4, 0.5) is 0 Å². The van der Waals surface area contributed by atoms with Crippen LogP contribution in [0.1, 0.15) is 46.1 Å². The van der Waals surface area contributed by atoms with E-state index in [2.05, 4.69) is 9.67 Å². The topological polar surface area (TPSA) is 75.3 Å². The summed E-state index contributed by atoms with van der Waals surface area (Å²) in [5.74, 6) is -0.529. The third-order valence-electron chi connectivity index (χ3n) is 4.72. The van der Waals surface area contributed by atoms with Crippen molar-refractivity contribution in [3.63, 3.8) is 0 Å². The van der Waals surface area contributed by atoms with Gasteiger partial charge in [-0.25, -0.2) is 9.48 Å². The molecule has 3 aromatic rings. The predicted molar refractivity (Wildman–Crippen MR) is 109 cm³/mol. The van der Waals surface area contributed by atoms with Crippen molar-refractivity contribution in [3.8, 4) is 11.4 Å². The number of para-hydroxylation sites is 1. The Morgan fingerprint density at radius 1 is 1.10 bits per heavy atom. The van der Waals surface area contributed by atoms with E-state index in [9.17, 15) is 9.59 Å². The molecular weight excluding hydrogens is 370 g/mol. The van der Waals surface area contributed by atoms with Gasteiger partial charge in [0.2, 0.25) is 11.5 Å². The number of aromatic nitrogens is 3. The minimum Gasteiger partial charge on any atom is -0.481 e. The predicted octanol–water partition coefficient (Wildman–Crippen LogP) is 3.75. The van der Waals surface area contributed by atoms with Gasteiger partial charge in [-0.3, -0.25) is 4.79 Å². The van der Waals surface area contributed by atoms with Gasteiger partial charge in [0.25, 0.3) is 0 Å². The van der Waals surface area contributed by atoms with E-state index in [0.29, 0.717) is 5.56 Å². The maximum absolute atomic E-state index is 12.7. The first-order chi connectivity index (χ1) is 14.0. The average molecular weight is 395 g/mol. The van der Waals surface area contributed by atoms with E-state index in [1.807, 2.05) is 57.2 Å². The molecule has 0 N–H and O–H groups in total. The van der Waals surface area contributed by atoms with Crippen molar-refractivity contribution in [2.75, 3.05) is 13.2 Å². The molecule has 7 nitrogen and oxygen atoms in total. The molecular formula is C22H25N3O4. The highest BCUT2D eigenvalue weighted by atomic mass is 16.5. The standard InChI is InChI=1S/C22H25N3O4/c1-5-24-15(3)12-18(16(24)4)19(26)14-29-20-13-25(17-10-8-7-9-11-17)23-21(20)22(27)28-6-2/h7-13H,5-6,14H2,1-4H3. The molecule has 7 heteroatoms. The summed E-state index contributed by atoms with van der Waals surface area (Å²) in [6.45, 7) is 8.47. The normalized spacial score (nSPS) is 10.8. The molecule has 0 spiro atoms. The molecule has 0 aliphatic rings. The van der Waals surface area contributed by atoms with Crippen molar-refractivity contribution in [1.82, 2.24) is 14.3 Å². The van der Waals surface area contributed by atoms with E-state index in [-0.39, 0.29) is 30.4 Å². The van der Waals surface area contributed by atoms with Gasteiger partial charge in [-0.2, -0.15) is 5.10 Å². The van der Waals surface area contributed by atoms with Crippen LogP contribution in [0.25, 0.3) is 5.69 Å². The molecule has 0 radical (unpaired) electrons. The number of ketones is 1. The lowest BCUT2D eigenvalue weighted by molar-refractivity contribution is 0.0513. The molecule has 0 fully saturated rings. The van der Waals surface area contributed by atoms with Gasteiger partial charge in [-0.05, 0) is 45.9 Å². The van der Waals surface area contributed by atoms with Crippen LogP contribution in [0.2, 0.25) is 0 Å². The second kappa shape index (κ2) is 8.77. The Kier molecular flexibility index (Phi) is 6.16. The number of hydrogen-bond donors (Lipinski definition) is 0. The smallest absolute Gasteiger partial charge is 0.362 e. The Morgan fingerprint density at radius 3 is 2.45 bits per heavy atom. The molecule has 29 heavy (non-hydrogen) atoms. The van der Waals surface area contributed by atoms with Crippen LogP contribution < -0.4 is 4.74 Å². The zero-order valence-corrected chi connectivity index (χ0v) is 17.1. The molecule has 2 heterocycles. The minimum atomic E-state index is -0.589. The van der Waals surface area contributed by atoms with Gasteiger partial charge in [-0.15, -0.1) is 0 Å². The molecule has 1 aromatic carbocycles. The van der Waals surface area contributed by atoms with E-state index in [1.54, 1.807) is 13.1 Å². The largest absolute Gasteiger partial charge is 0.481 e. The van der Waals surface area contributed by atoms with Crippen LogP contribution in [-0.2, 0) is 11.3 Å². The van der Waals surface area contributed by atoms with Gasteiger partial charge < -0.3 is 14.0 Å². The van der Waals surface area contributed by atoms with Crippen LogP contribution >= 0.6 is 0 Å². The summed E-state index contributed by atoms with van der Waals surface area (Å²) in [5, 5.41) is 4.30. The molecule has 3 rings (SSSR count). The Balaban J connectivity index is 1.85. The van der Waals surface area contributed by atoms with Crippen LogP contribution in [0.15, 0.2) is 42.6 Å². The van der Waals surface area contributed by atoms with Crippen LogP contribution in [0, 0.1) is 13.8 Å². The number of hydrogen-bond acceptors (Lipinski definition) is 5. The number of benzene rings is 1. The first kappa shape index (κ1) is 20.4. The van der Waals surface area contributed by atoms with Gasteiger partial charge in [0, 0.05) is 23.5 Å². The van der Waals surface area contributed by atoms with Crippen molar-refractivity contribution in [1.29, 1.82) is 0 Å². The lowest BCUT2D eigenvalue weighted by Crippen LogP contribution is -2.14. The number of nitrogens with zero attached hydrogens (tertiary/aromatic N) is 3. The molecule has 0 amide bonds. The van der Waals surface area contributed by atoms with E-state index < -0.39 is 5.97 Å². The third-order valence-corrected chi connectivity index (χ3v) is 4.72. The molecule has 0 saturated heterocycles.